The summed E-state index contributed by atoms with van der Waals surface area (Å²) in [6.45, 7) is 4.48. The van der Waals surface area contributed by atoms with Crippen LogP contribution in [0.25, 0.3) is 0 Å². The van der Waals surface area contributed by atoms with Gasteiger partial charge >= 0.3 is 0 Å². The molecule has 32 heavy (non-hydrogen) atoms. The fourth-order valence-electron chi connectivity index (χ4n) is 3.66. The van der Waals surface area contributed by atoms with Gasteiger partial charge in [0.25, 0.3) is 17.1 Å². The first-order valence-corrected chi connectivity index (χ1v) is 11.4. The van der Waals surface area contributed by atoms with E-state index in [-0.39, 0.29) is 47.2 Å². The Labute approximate surface area is 187 Å². The number of hydrogen-bond acceptors (Lipinski definition) is 7. The maximum atomic E-state index is 12.8. The van der Waals surface area contributed by atoms with Gasteiger partial charge in [-0.25, -0.2) is 4.21 Å². The first-order valence-electron chi connectivity index (χ1n) is 10.3. The lowest BCUT2D eigenvalue weighted by Crippen LogP contribution is -2.36. The first kappa shape index (κ1) is 22.0. The Hall–Kier alpha value is -3.18. The fraction of sp³-hybridized carbons (Fsp3) is 0.381. The lowest BCUT2D eigenvalue weighted by molar-refractivity contribution is 0.0762. The Morgan fingerprint density at radius 2 is 2.09 bits per heavy atom. The molecule has 4 N–H and O–H groups in total. The number of amides is 1. The third-order valence-corrected chi connectivity index (χ3v) is 6.03. The molecule has 0 spiro atoms. The molecule has 4 rings (SSSR count). The smallest absolute Gasteiger partial charge is 0.269 e. The molecule has 1 aromatic heterocycles. The molecule has 1 saturated heterocycles. The molecule has 10 nitrogen and oxygen atoms in total. The number of furan rings is 1. The number of aliphatic hydroxyl groups is 1. The zero-order valence-electron chi connectivity index (χ0n) is 17.7. The summed E-state index contributed by atoms with van der Waals surface area (Å²) in [5.74, 6) is 1.32. The van der Waals surface area contributed by atoms with Gasteiger partial charge < -0.3 is 30.2 Å². The van der Waals surface area contributed by atoms with Crippen LogP contribution in [0.3, 0.4) is 0 Å². The van der Waals surface area contributed by atoms with Crippen LogP contribution >= 0.6 is 0 Å². The number of aromatic hydroxyl groups is 1. The van der Waals surface area contributed by atoms with Gasteiger partial charge in [-0.15, -0.1) is 8.80 Å². The van der Waals surface area contributed by atoms with Crippen LogP contribution in [-0.4, -0.2) is 56.1 Å². The second kappa shape index (κ2) is 9.13. The van der Waals surface area contributed by atoms with Crippen molar-refractivity contribution in [2.24, 2.45) is 8.80 Å². The minimum absolute atomic E-state index is 0.104. The summed E-state index contributed by atoms with van der Waals surface area (Å²) in [5.41, 5.74) is 0.331. The summed E-state index contributed by atoms with van der Waals surface area (Å²) in [5, 5.41) is 26.5. The number of phenols is 1. The molecule has 0 radical (unpaired) electrons. The zero-order chi connectivity index (χ0) is 22.8. The van der Waals surface area contributed by atoms with Crippen LogP contribution in [0.15, 0.2) is 43.5 Å². The number of hydrogen-bond donors (Lipinski definition) is 4. The Balaban J connectivity index is 1.53. The van der Waals surface area contributed by atoms with E-state index in [0.29, 0.717) is 25.1 Å². The molecule has 0 saturated carbocycles. The van der Waals surface area contributed by atoms with Crippen LogP contribution in [0.4, 0.5) is 5.69 Å². The van der Waals surface area contributed by atoms with Crippen LogP contribution in [0.2, 0.25) is 0 Å². The van der Waals surface area contributed by atoms with Gasteiger partial charge in [0.2, 0.25) is 0 Å². The number of anilines is 1. The molecule has 3 heterocycles. The van der Waals surface area contributed by atoms with Crippen LogP contribution in [0.5, 0.6) is 5.75 Å². The van der Waals surface area contributed by atoms with Gasteiger partial charge in [-0.05, 0) is 44.0 Å². The van der Waals surface area contributed by atoms with Crippen LogP contribution in [-0.2, 0) is 11.2 Å². The fourth-order valence-corrected chi connectivity index (χ4v) is 4.29. The highest BCUT2D eigenvalue weighted by Crippen LogP contribution is 2.30. The van der Waals surface area contributed by atoms with Gasteiger partial charge in [-0.3, -0.25) is 4.79 Å². The van der Waals surface area contributed by atoms with Gasteiger partial charge in [0.05, 0.1) is 23.4 Å². The van der Waals surface area contributed by atoms with Crippen molar-refractivity contribution in [2.75, 3.05) is 18.4 Å². The van der Waals surface area contributed by atoms with Crippen molar-refractivity contribution in [3.05, 3.63) is 47.4 Å². The molecule has 0 aliphatic carbocycles. The molecule has 1 fully saturated rings. The van der Waals surface area contributed by atoms with Crippen LogP contribution < -0.4 is 10.6 Å². The maximum Gasteiger partial charge on any atom is 0.269 e. The van der Waals surface area contributed by atoms with Crippen molar-refractivity contribution >= 4 is 34.4 Å². The molecule has 0 bridgehead atoms. The van der Waals surface area contributed by atoms with Crippen molar-refractivity contribution in [3.8, 4) is 5.75 Å². The van der Waals surface area contributed by atoms with E-state index < -0.39 is 17.3 Å². The number of aliphatic hydroxyl groups excluding tert-OH is 1. The Bertz CT molecular complexity index is 1110. The van der Waals surface area contributed by atoms with E-state index in [9.17, 15) is 19.2 Å². The summed E-state index contributed by atoms with van der Waals surface area (Å²) in [6, 6.07) is 8.23. The number of nitrogens with one attached hydrogen (secondary N) is 2. The molecule has 1 aromatic carbocycles. The topological polar surface area (TPSA) is 140 Å². The third kappa shape index (κ3) is 4.53. The summed E-state index contributed by atoms with van der Waals surface area (Å²) in [4.78, 5) is 14.3. The van der Waals surface area contributed by atoms with Crippen molar-refractivity contribution in [1.29, 1.82) is 0 Å². The number of phenolic OH excluding ortho intramolecular Hbond substituents is 1. The molecule has 2 aromatic rings. The monoisotopic (exact) mass is 459 g/mol. The van der Waals surface area contributed by atoms with Crippen molar-refractivity contribution in [2.45, 2.75) is 38.8 Å². The molecule has 11 heteroatoms. The van der Waals surface area contributed by atoms with Gasteiger partial charge in [-0.1, -0.05) is 13.0 Å². The van der Waals surface area contributed by atoms with Gasteiger partial charge in [0, 0.05) is 13.1 Å². The lowest BCUT2D eigenvalue weighted by atomic mass is 10.1. The molecule has 2 unspecified atom stereocenters. The van der Waals surface area contributed by atoms with Gasteiger partial charge in [-0.2, -0.15) is 0 Å². The number of likely N-dealkylation sites (tertiary alicyclic amines) is 1. The van der Waals surface area contributed by atoms with E-state index in [0.717, 1.165) is 5.76 Å². The predicted octanol–water partition coefficient (Wildman–Crippen LogP) is 2.04. The van der Waals surface area contributed by atoms with Crippen molar-refractivity contribution < 1.29 is 23.6 Å². The van der Waals surface area contributed by atoms with E-state index in [1.165, 1.54) is 11.0 Å². The summed E-state index contributed by atoms with van der Waals surface area (Å²) in [6.07, 6.45) is 0.634. The molecule has 170 valence electrons. The molecule has 1 amide bonds. The van der Waals surface area contributed by atoms with E-state index in [4.69, 9.17) is 4.42 Å². The summed E-state index contributed by atoms with van der Waals surface area (Å²) < 4.78 is 25.7. The number of para-hydroxylation sites is 1. The third-order valence-electron chi connectivity index (χ3n) is 5.36. The average Bonchev–Trinajstić information content (AvgIpc) is 3.47. The standard InChI is InChI=1S/C21H25N5O5S/c1-3-15(17-8-7-12(2)31-17)22-19-20(25-32(30)24-19)23-16-6-4-5-14(18(16)28)21(29)26-10-9-13(27)11-26/h4-8,13,15,27-28H,3,9-11H2,1-2H3,(H,22,24)(H,23,25)/t13-,15?,32?/m1/s1. The quantitative estimate of drug-likeness (QED) is 0.502. The zero-order valence-corrected chi connectivity index (χ0v) is 18.6. The number of carbonyl (C=O) groups excluding carboxylic acids is 1. The SMILES string of the molecule is CCC(NC1=NS(=O)N=C1Nc1cccc(C(=O)N2CC[C@@H](O)C2)c1O)c1ccc(C)o1. The Morgan fingerprint density at radius 1 is 1.31 bits per heavy atom. The number of benzene rings is 1. The highest BCUT2D eigenvalue weighted by molar-refractivity contribution is 7.83. The van der Waals surface area contributed by atoms with Crippen molar-refractivity contribution in [3.63, 3.8) is 0 Å². The normalized spacial score (nSPS) is 21.3. The molecular weight excluding hydrogens is 434 g/mol. The van der Waals surface area contributed by atoms with Gasteiger partial charge in [0.1, 0.15) is 11.5 Å². The second-order valence-corrected chi connectivity index (χ2v) is 8.51. The minimum atomic E-state index is -1.82. The Kier molecular flexibility index (Phi) is 6.28. The maximum absolute atomic E-state index is 12.8. The minimum Gasteiger partial charge on any atom is -0.505 e. The van der Waals surface area contributed by atoms with E-state index in [1.54, 1.807) is 12.1 Å². The molecule has 2 aliphatic heterocycles. The number of β-amino-alcohol motifs (C(OH)–C–C–N with tert-alkyl or cyclic N) is 1. The highest BCUT2D eigenvalue weighted by Gasteiger charge is 2.29. The van der Waals surface area contributed by atoms with E-state index in [2.05, 4.69) is 19.4 Å². The second-order valence-electron chi connectivity index (χ2n) is 7.68. The molecular formula is C21H25N5O5S. The lowest BCUT2D eigenvalue weighted by Gasteiger charge is -2.19. The van der Waals surface area contributed by atoms with Gasteiger partial charge in [0.15, 0.2) is 17.4 Å². The summed E-state index contributed by atoms with van der Waals surface area (Å²) >= 11 is -1.82. The number of amidine groups is 2. The van der Waals surface area contributed by atoms with E-state index in [1.807, 2.05) is 26.0 Å². The number of rotatable bonds is 5. The van der Waals surface area contributed by atoms with Crippen LogP contribution in [0.1, 0.15) is 47.7 Å². The number of aryl methyl sites for hydroxylation is 1. The largest absolute Gasteiger partial charge is 0.505 e. The van der Waals surface area contributed by atoms with E-state index >= 15 is 0 Å². The Morgan fingerprint density at radius 3 is 2.75 bits per heavy atom. The number of nitrogens with zero attached hydrogens (tertiary/aromatic N) is 3. The van der Waals surface area contributed by atoms with Crippen LogP contribution in [0, 0.1) is 6.92 Å². The first-order chi connectivity index (χ1) is 15.4. The average molecular weight is 460 g/mol. The highest BCUT2D eigenvalue weighted by atomic mass is 32.2. The number of carbonyl (C=O) groups is 1. The predicted molar refractivity (Wildman–Crippen MR) is 121 cm³/mol. The molecule has 2 aliphatic rings. The molecule has 3 atom stereocenters. The van der Waals surface area contributed by atoms with Crippen molar-refractivity contribution in [1.82, 2.24) is 10.2 Å². The summed E-state index contributed by atoms with van der Waals surface area (Å²) in [7, 11) is 0.